The summed E-state index contributed by atoms with van der Waals surface area (Å²) in [7, 11) is 0. The van der Waals surface area contributed by atoms with Gasteiger partial charge in [-0.25, -0.2) is 24.1 Å². The molecule has 0 spiro atoms. The van der Waals surface area contributed by atoms with E-state index in [0.29, 0.717) is 35.9 Å². The molecule has 0 unspecified atom stereocenters. The highest BCUT2D eigenvalue weighted by atomic mass is 19.1. The molecule has 1 N–H and O–H groups in total. The summed E-state index contributed by atoms with van der Waals surface area (Å²) >= 11 is 0. The van der Waals surface area contributed by atoms with Crippen molar-refractivity contribution in [2.24, 2.45) is 0 Å². The van der Waals surface area contributed by atoms with E-state index < -0.39 is 12.0 Å². The van der Waals surface area contributed by atoms with Crippen LogP contribution in [0.2, 0.25) is 0 Å². The van der Waals surface area contributed by atoms with Gasteiger partial charge >= 0.3 is 5.97 Å². The molecule has 1 saturated heterocycles. The van der Waals surface area contributed by atoms with Crippen molar-refractivity contribution >= 4 is 17.4 Å². The molecule has 0 bridgehead atoms. The molecule has 0 amide bonds. The molecule has 1 aliphatic heterocycles. The molecule has 1 aliphatic rings. The summed E-state index contributed by atoms with van der Waals surface area (Å²) in [5.41, 5.74) is 1.14. The molecule has 1 atom stereocenters. The third-order valence-corrected chi connectivity index (χ3v) is 4.17. The number of imidazole rings is 1. The summed E-state index contributed by atoms with van der Waals surface area (Å²) in [6.07, 6.45) is 5.87. The topological polar surface area (TPSA) is 83.6 Å². The van der Waals surface area contributed by atoms with E-state index in [4.69, 9.17) is 0 Å². The number of carboxylic acid groups (broad SMARTS) is 1. The first-order chi connectivity index (χ1) is 11.6. The zero-order valence-electron chi connectivity index (χ0n) is 12.6. The molecule has 3 aromatic rings. The maximum atomic E-state index is 13.5. The number of hydrogen-bond donors (Lipinski definition) is 1. The number of nitrogens with zero attached hydrogens (tertiary/aromatic N) is 5. The number of rotatable bonds is 3. The lowest BCUT2D eigenvalue weighted by atomic mass is 10.2. The third kappa shape index (κ3) is 2.36. The predicted molar refractivity (Wildman–Crippen MR) is 84.2 cm³/mol. The van der Waals surface area contributed by atoms with Crippen LogP contribution in [0, 0.1) is 5.82 Å². The molecule has 122 valence electrons. The average molecular weight is 327 g/mol. The zero-order chi connectivity index (χ0) is 16.7. The van der Waals surface area contributed by atoms with Gasteiger partial charge < -0.3 is 10.0 Å². The Kier molecular flexibility index (Phi) is 3.37. The van der Waals surface area contributed by atoms with Crippen molar-refractivity contribution in [2.45, 2.75) is 18.9 Å². The second kappa shape index (κ2) is 5.55. The highest BCUT2D eigenvalue weighted by Crippen LogP contribution is 2.26. The van der Waals surface area contributed by atoms with Gasteiger partial charge in [-0.3, -0.25) is 4.40 Å². The molecule has 7 nitrogen and oxygen atoms in total. The first-order valence-corrected chi connectivity index (χ1v) is 7.59. The lowest BCUT2D eigenvalue weighted by Gasteiger charge is -2.22. The first kappa shape index (κ1) is 14.6. The number of hydrogen-bond acceptors (Lipinski definition) is 5. The van der Waals surface area contributed by atoms with Crippen molar-refractivity contribution in [1.29, 1.82) is 0 Å². The smallest absolute Gasteiger partial charge is 0.326 e. The summed E-state index contributed by atoms with van der Waals surface area (Å²) in [5, 5.41) is 9.33. The van der Waals surface area contributed by atoms with Gasteiger partial charge in [0.2, 0.25) is 0 Å². The Balaban J connectivity index is 1.77. The van der Waals surface area contributed by atoms with Crippen LogP contribution >= 0.6 is 0 Å². The largest absolute Gasteiger partial charge is 0.480 e. The van der Waals surface area contributed by atoms with Gasteiger partial charge in [0.1, 0.15) is 29.0 Å². The standard InChI is InChI=1S/C16H14FN5O2/c17-10-3-4-13-19-8-12(22(13)9-10)15-18-6-5-14(20-15)21-7-1-2-11(21)16(23)24/h3-6,8-9,11H,1-2,7H2,(H,23,24)/t11-/m1/s1. The lowest BCUT2D eigenvalue weighted by Crippen LogP contribution is -2.36. The fourth-order valence-electron chi connectivity index (χ4n) is 3.05. The number of carbonyl (C=O) groups is 1. The Morgan fingerprint density at radius 2 is 2.17 bits per heavy atom. The SMILES string of the molecule is O=C(O)[C@H]1CCCN1c1ccnc(-c2cnc3ccc(F)cn23)n1. The van der Waals surface area contributed by atoms with Crippen LogP contribution in [0.3, 0.4) is 0 Å². The van der Waals surface area contributed by atoms with E-state index in [-0.39, 0.29) is 5.82 Å². The Morgan fingerprint density at radius 3 is 3.00 bits per heavy atom. The van der Waals surface area contributed by atoms with E-state index in [0.717, 1.165) is 6.42 Å². The molecular formula is C16H14FN5O2. The van der Waals surface area contributed by atoms with Crippen molar-refractivity contribution in [3.8, 4) is 11.5 Å². The summed E-state index contributed by atoms with van der Waals surface area (Å²) in [6.45, 7) is 0.634. The van der Waals surface area contributed by atoms with Crippen LogP contribution in [0.5, 0.6) is 0 Å². The van der Waals surface area contributed by atoms with Gasteiger partial charge in [0, 0.05) is 18.9 Å². The molecule has 24 heavy (non-hydrogen) atoms. The van der Waals surface area contributed by atoms with Crippen LogP contribution in [0.15, 0.2) is 36.8 Å². The van der Waals surface area contributed by atoms with Gasteiger partial charge in [-0.15, -0.1) is 0 Å². The lowest BCUT2D eigenvalue weighted by molar-refractivity contribution is -0.138. The number of pyridine rings is 1. The number of halogens is 1. The Bertz CT molecular complexity index is 926. The minimum Gasteiger partial charge on any atom is -0.480 e. The maximum absolute atomic E-state index is 13.5. The van der Waals surface area contributed by atoms with E-state index in [1.165, 1.54) is 12.3 Å². The summed E-state index contributed by atoms with van der Waals surface area (Å²) in [6, 6.07) is 4.02. The molecule has 8 heteroatoms. The molecule has 4 rings (SSSR count). The van der Waals surface area contributed by atoms with Gasteiger partial charge in [-0.1, -0.05) is 0 Å². The van der Waals surface area contributed by atoms with Gasteiger partial charge in [-0.05, 0) is 31.0 Å². The van der Waals surface area contributed by atoms with Gasteiger partial charge in [-0.2, -0.15) is 0 Å². The minimum atomic E-state index is -0.857. The van der Waals surface area contributed by atoms with E-state index in [2.05, 4.69) is 15.0 Å². The van der Waals surface area contributed by atoms with Crippen LogP contribution in [0.25, 0.3) is 17.2 Å². The number of aliphatic carboxylic acids is 1. The van der Waals surface area contributed by atoms with E-state index in [1.807, 2.05) is 0 Å². The molecule has 0 aromatic carbocycles. The van der Waals surface area contributed by atoms with Crippen molar-refractivity contribution in [2.75, 3.05) is 11.4 Å². The molecule has 0 aliphatic carbocycles. The van der Waals surface area contributed by atoms with Crippen molar-refractivity contribution in [1.82, 2.24) is 19.4 Å². The Morgan fingerprint density at radius 1 is 1.29 bits per heavy atom. The Labute approximate surface area is 136 Å². The van der Waals surface area contributed by atoms with Crippen LogP contribution in [-0.4, -0.2) is 43.0 Å². The summed E-state index contributed by atoms with van der Waals surface area (Å²) < 4.78 is 15.1. The normalized spacial score (nSPS) is 17.5. The first-order valence-electron chi connectivity index (χ1n) is 7.59. The molecule has 0 radical (unpaired) electrons. The second-order valence-corrected chi connectivity index (χ2v) is 5.65. The van der Waals surface area contributed by atoms with E-state index in [9.17, 15) is 14.3 Å². The second-order valence-electron chi connectivity index (χ2n) is 5.65. The third-order valence-electron chi connectivity index (χ3n) is 4.17. The maximum Gasteiger partial charge on any atom is 0.326 e. The minimum absolute atomic E-state index is 0.377. The number of carboxylic acids is 1. The fraction of sp³-hybridized carbons (Fsp3) is 0.250. The molecular weight excluding hydrogens is 313 g/mol. The molecule has 1 fully saturated rings. The quantitative estimate of drug-likeness (QED) is 0.792. The zero-order valence-corrected chi connectivity index (χ0v) is 12.6. The van der Waals surface area contributed by atoms with Crippen molar-refractivity contribution in [3.05, 3.63) is 42.6 Å². The monoisotopic (exact) mass is 327 g/mol. The van der Waals surface area contributed by atoms with Crippen LogP contribution in [-0.2, 0) is 4.79 Å². The number of fused-ring (bicyclic) bond motifs is 1. The highest BCUT2D eigenvalue weighted by molar-refractivity contribution is 5.78. The average Bonchev–Trinajstić information content (AvgIpc) is 3.21. The van der Waals surface area contributed by atoms with Crippen LogP contribution < -0.4 is 4.90 Å². The van der Waals surface area contributed by atoms with Gasteiger partial charge in [0.25, 0.3) is 0 Å². The molecule has 3 aromatic heterocycles. The van der Waals surface area contributed by atoms with E-state index in [1.54, 1.807) is 33.8 Å². The summed E-state index contributed by atoms with van der Waals surface area (Å²) in [4.78, 5) is 26.1. The Hall–Kier alpha value is -3.03. The van der Waals surface area contributed by atoms with Crippen molar-refractivity contribution < 1.29 is 14.3 Å². The molecule has 0 saturated carbocycles. The number of anilines is 1. The summed E-state index contributed by atoms with van der Waals surface area (Å²) in [5.74, 6) is -0.314. The fourth-order valence-corrected chi connectivity index (χ4v) is 3.05. The van der Waals surface area contributed by atoms with Crippen molar-refractivity contribution in [3.63, 3.8) is 0 Å². The van der Waals surface area contributed by atoms with Gasteiger partial charge in [0.05, 0.1) is 6.20 Å². The number of aromatic nitrogens is 4. The molecule has 4 heterocycles. The van der Waals surface area contributed by atoms with Crippen LogP contribution in [0.1, 0.15) is 12.8 Å². The van der Waals surface area contributed by atoms with Gasteiger partial charge in [0.15, 0.2) is 5.82 Å². The predicted octanol–water partition coefficient (Wildman–Crippen LogP) is 1.98. The van der Waals surface area contributed by atoms with Crippen LogP contribution in [0.4, 0.5) is 10.2 Å². The van der Waals surface area contributed by atoms with E-state index >= 15 is 0 Å². The highest BCUT2D eigenvalue weighted by Gasteiger charge is 2.31.